The lowest BCUT2D eigenvalue weighted by molar-refractivity contribution is -0.128. The van der Waals surface area contributed by atoms with Crippen LogP contribution >= 0.6 is 0 Å². The van der Waals surface area contributed by atoms with Gasteiger partial charge < -0.3 is 4.74 Å². The summed E-state index contributed by atoms with van der Waals surface area (Å²) in [6.07, 6.45) is 10.9. The van der Waals surface area contributed by atoms with Gasteiger partial charge in [0.15, 0.2) is 0 Å². The molecule has 0 amide bonds. The molecule has 4 rings (SSSR count). The van der Waals surface area contributed by atoms with Gasteiger partial charge in [-0.1, -0.05) is 63.1 Å². The van der Waals surface area contributed by atoms with Gasteiger partial charge in [0.2, 0.25) is 0 Å². The van der Waals surface area contributed by atoms with Gasteiger partial charge in [-0.3, -0.25) is 4.79 Å². The van der Waals surface area contributed by atoms with Crippen LogP contribution in [0.3, 0.4) is 0 Å². The monoisotopic (exact) mass is 471 g/mol. The van der Waals surface area contributed by atoms with E-state index in [0.29, 0.717) is 18.1 Å². The number of nitriles is 1. The van der Waals surface area contributed by atoms with E-state index in [9.17, 15) is 10.1 Å². The Labute approximate surface area is 211 Å². The van der Waals surface area contributed by atoms with Crippen LogP contribution in [0.5, 0.6) is 5.75 Å². The van der Waals surface area contributed by atoms with Gasteiger partial charge in [-0.05, 0) is 92.0 Å². The maximum absolute atomic E-state index is 12.7. The number of ether oxygens (including phenoxy) is 1. The number of carbonyl (C=O) groups is 1. The predicted molar refractivity (Wildman–Crippen MR) is 142 cm³/mol. The summed E-state index contributed by atoms with van der Waals surface area (Å²) < 4.78 is 5.79. The zero-order chi connectivity index (χ0) is 24.7. The first-order valence-corrected chi connectivity index (χ1v) is 13.9. The lowest BCUT2D eigenvalue weighted by atomic mass is 9.59. The third-order valence-corrected chi connectivity index (χ3v) is 8.62. The molecule has 2 aliphatic carbocycles. The van der Waals surface area contributed by atoms with E-state index in [0.717, 1.165) is 76.6 Å². The third-order valence-electron chi connectivity index (χ3n) is 8.62. The second-order valence-corrected chi connectivity index (χ2v) is 10.8. The molecule has 0 saturated heterocycles. The Morgan fingerprint density at radius 3 is 2.14 bits per heavy atom. The lowest BCUT2D eigenvalue weighted by Gasteiger charge is -2.43. The molecule has 35 heavy (non-hydrogen) atoms. The fourth-order valence-corrected chi connectivity index (χ4v) is 6.30. The second-order valence-electron chi connectivity index (χ2n) is 10.8. The Hall–Kier alpha value is -2.60. The number of unbranched alkanes of at least 4 members (excludes halogenated alkanes) is 1. The summed E-state index contributed by atoms with van der Waals surface area (Å²) in [7, 11) is 0. The number of hydrogen-bond donors (Lipinski definition) is 0. The van der Waals surface area contributed by atoms with E-state index in [1.165, 1.54) is 16.7 Å². The van der Waals surface area contributed by atoms with Gasteiger partial charge in [-0.25, -0.2) is 0 Å². The largest absolute Gasteiger partial charge is 0.494 e. The van der Waals surface area contributed by atoms with E-state index in [4.69, 9.17) is 4.74 Å². The van der Waals surface area contributed by atoms with Gasteiger partial charge in [0, 0.05) is 12.3 Å². The molecule has 2 aromatic carbocycles. The minimum Gasteiger partial charge on any atom is -0.494 e. The van der Waals surface area contributed by atoms with Gasteiger partial charge in [0.05, 0.1) is 18.1 Å². The smallest absolute Gasteiger partial charge is 0.136 e. The fraction of sp³-hybridized carbons (Fsp3) is 0.562. The number of nitrogens with zero attached hydrogens (tertiary/aromatic N) is 1. The highest BCUT2D eigenvalue weighted by Crippen LogP contribution is 2.51. The molecule has 0 aliphatic heterocycles. The average Bonchev–Trinajstić information content (AvgIpc) is 2.91. The van der Waals surface area contributed by atoms with Crippen molar-refractivity contribution in [2.24, 2.45) is 17.3 Å². The molecule has 0 aromatic heterocycles. The molecule has 0 radical (unpaired) electrons. The van der Waals surface area contributed by atoms with Crippen molar-refractivity contribution in [1.29, 1.82) is 5.26 Å². The van der Waals surface area contributed by atoms with Crippen molar-refractivity contribution in [3.63, 3.8) is 0 Å². The SMILES string of the molecule is CCCCOc1ccc(-c2ccc(C3CCC(C#N)([C@@H]4CC[C@@H](CCC)C(=O)C4)CC3)cc2)cc1. The van der Waals surface area contributed by atoms with Crippen molar-refractivity contribution in [1.82, 2.24) is 0 Å². The summed E-state index contributed by atoms with van der Waals surface area (Å²) in [5.74, 6) is 2.35. The predicted octanol–water partition coefficient (Wildman–Crippen LogP) is 8.49. The van der Waals surface area contributed by atoms with Crippen molar-refractivity contribution < 1.29 is 9.53 Å². The average molecular weight is 472 g/mol. The van der Waals surface area contributed by atoms with Crippen LogP contribution in [-0.4, -0.2) is 12.4 Å². The second kappa shape index (κ2) is 11.9. The van der Waals surface area contributed by atoms with E-state index < -0.39 is 0 Å². The van der Waals surface area contributed by atoms with Crippen LogP contribution in [-0.2, 0) is 4.79 Å². The first kappa shape index (κ1) is 25.5. The number of Topliss-reactive ketones (excluding diaryl/α,β-unsaturated/α-hetero) is 1. The molecule has 0 spiro atoms. The summed E-state index contributed by atoms with van der Waals surface area (Å²) >= 11 is 0. The summed E-state index contributed by atoms with van der Waals surface area (Å²) in [4.78, 5) is 12.7. The van der Waals surface area contributed by atoms with Crippen LogP contribution in [0.2, 0.25) is 0 Å². The van der Waals surface area contributed by atoms with Crippen molar-refractivity contribution in [2.45, 2.75) is 90.4 Å². The first-order chi connectivity index (χ1) is 17.1. The third kappa shape index (κ3) is 5.97. The molecular weight excluding hydrogens is 430 g/mol. The number of hydrogen-bond acceptors (Lipinski definition) is 3. The zero-order valence-electron chi connectivity index (χ0n) is 21.6. The van der Waals surface area contributed by atoms with E-state index >= 15 is 0 Å². The van der Waals surface area contributed by atoms with Gasteiger partial charge in [-0.15, -0.1) is 0 Å². The first-order valence-electron chi connectivity index (χ1n) is 13.9. The topological polar surface area (TPSA) is 50.1 Å². The Kier molecular flexibility index (Phi) is 8.66. The minimum absolute atomic E-state index is 0.242. The van der Waals surface area contributed by atoms with E-state index in [1.54, 1.807) is 0 Å². The van der Waals surface area contributed by atoms with Gasteiger partial charge in [0.1, 0.15) is 11.5 Å². The highest BCUT2D eigenvalue weighted by molar-refractivity contribution is 5.82. The zero-order valence-corrected chi connectivity index (χ0v) is 21.6. The van der Waals surface area contributed by atoms with Gasteiger partial charge in [0.25, 0.3) is 0 Å². The Bertz CT molecular complexity index is 993. The molecule has 0 unspecified atom stereocenters. The standard InChI is InChI=1S/C32H41NO2/c1-3-5-21-35-30-15-12-26(13-16-30)24-7-9-25(10-8-24)27-17-19-32(23-33,20-18-27)29-14-11-28(6-4-2)31(34)22-29/h7-10,12-13,15-16,27-29H,3-6,11,14,17-22H2,1-2H3/t27?,28-,29-,32?/m1/s1. The van der Waals surface area contributed by atoms with E-state index in [1.807, 2.05) is 0 Å². The van der Waals surface area contributed by atoms with Gasteiger partial charge in [-0.2, -0.15) is 5.26 Å². The Morgan fingerprint density at radius 1 is 0.914 bits per heavy atom. The summed E-state index contributed by atoms with van der Waals surface area (Å²) in [6, 6.07) is 20.1. The normalized spacial score (nSPS) is 26.8. The van der Waals surface area contributed by atoms with Crippen molar-refractivity contribution in [2.75, 3.05) is 6.61 Å². The molecule has 3 nitrogen and oxygen atoms in total. The molecular formula is C32H41NO2. The van der Waals surface area contributed by atoms with Crippen LogP contribution < -0.4 is 4.74 Å². The summed E-state index contributed by atoms with van der Waals surface area (Å²) in [6.45, 7) is 5.10. The molecule has 0 bridgehead atoms. The Morgan fingerprint density at radius 2 is 1.57 bits per heavy atom. The number of benzene rings is 2. The number of ketones is 1. The van der Waals surface area contributed by atoms with Crippen LogP contribution in [0.15, 0.2) is 48.5 Å². The number of rotatable bonds is 9. The van der Waals surface area contributed by atoms with Crippen LogP contribution in [0.25, 0.3) is 11.1 Å². The fourth-order valence-electron chi connectivity index (χ4n) is 6.30. The quantitative estimate of drug-likeness (QED) is 0.344. The summed E-state index contributed by atoms with van der Waals surface area (Å²) in [5, 5.41) is 10.2. The van der Waals surface area contributed by atoms with Crippen molar-refractivity contribution >= 4 is 5.78 Å². The number of carbonyl (C=O) groups excluding carboxylic acids is 1. The lowest BCUT2D eigenvalue weighted by Crippen LogP contribution is -2.38. The maximum Gasteiger partial charge on any atom is 0.136 e. The molecule has 2 aliphatic rings. The van der Waals surface area contributed by atoms with E-state index in [-0.39, 0.29) is 17.3 Å². The van der Waals surface area contributed by atoms with Crippen LogP contribution in [0.1, 0.15) is 96.0 Å². The van der Waals surface area contributed by atoms with Crippen LogP contribution in [0, 0.1) is 28.6 Å². The molecule has 2 atom stereocenters. The Balaban J connectivity index is 1.34. The molecule has 2 aromatic rings. The maximum atomic E-state index is 12.7. The minimum atomic E-state index is -0.301. The van der Waals surface area contributed by atoms with Crippen molar-refractivity contribution in [3.05, 3.63) is 54.1 Å². The molecule has 0 N–H and O–H groups in total. The van der Waals surface area contributed by atoms with E-state index in [2.05, 4.69) is 68.4 Å². The highest BCUT2D eigenvalue weighted by atomic mass is 16.5. The van der Waals surface area contributed by atoms with Crippen molar-refractivity contribution in [3.8, 4) is 22.9 Å². The van der Waals surface area contributed by atoms with Crippen LogP contribution in [0.4, 0.5) is 0 Å². The van der Waals surface area contributed by atoms with Gasteiger partial charge >= 0.3 is 0 Å². The summed E-state index contributed by atoms with van der Waals surface area (Å²) in [5.41, 5.74) is 3.50. The molecule has 3 heteroatoms. The highest BCUT2D eigenvalue weighted by Gasteiger charge is 2.45. The molecule has 0 heterocycles. The molecule has 2 saturated carbocycles. The molecule has 2 fully saturated rings. The molecule has 186 valence electrons.